The Morgan fingerprint density at radius 2 is 1.51 bits per heavy atom. The number of halogens is 3. The summed E-state index contributed by atoms with van der Waals surface area (Å²) >= 11 is 0. The molecule has 3 saturated heterocycles. The van der Waals surface area contributed by atoms with Crippen molar-refractivity contribution >= 4 is 12.1 Å². The third kappa shape index (κ3) is 8.44. The van der Waals surface area contributed by atoms with Gasteiger partial charge in [-0.25, -0.2) is 4.79 Å². The molecule has 0 aromatic heterocycles. The van der Waals surface area contributed by atoms with E-state index in [1.165, 1.54) is 12.1 Å². The average Bonchev–Trinajstić information content (AvgIpc) is 3.29. The number of likely N-dealkylation sites (tertiary alicyclic amines) is 3. The topological polar surface area (TPSA) is 62.3 Å². The molecule has 1 aromatic rings. The number of piperidine rings is 2. The van der Waals surface area contributed by atoms with Crippen molar-refractivity contribution in [3.8, 4) is 0 Å². The number of nitrogens with zero attached hydrogens (tertiary/aromatic N) is 3. The molecule has 1 unspecified atom stereocenters. The smallest absolute Gasteiger partial charge is 0.416 e. The molecule has 3 fully saturated rings. The molecule has 1 amide bonds. The summed E-state index contributed by atoms with van der Waals surface area (Å²) in [6.45, 7) is 17.0. The molecule has 1 atom stereocenters. The number of benzene rings is 1. The van der Waals surface area contributed by atoms with Gasteiger partial charge < -0.3 is 14.4 Å². The molecule has 10 heteroatoms. The quantitative estimate of drug-likeness (QED) is 0.330. The molecule has 0 aliphatic carbocycles. The van der Waals surface area contributed by atoms with Crippen LogP contribution in [0, 0.1) is 5.92 Å². The van der Waals surface area contributed by atoms with Gasteiger partial charge in [-0.05, 0) is 130 Å². The van der Waals surface area contributed by atoms with E-state index in [0.29, 0.717) is 51.1 Å². The number of hydrogen-bond donors (Lipinski definition) is 0. The largest absolute Gasteiger partial charge is 0.460 e. The Bertz CT molecular complexity index is 1140. The minimum absolute atomic E-state index is 0.0767. The highest BCUT2D eigenvalue weighted by molar-refractivity contribution is 5.73. The van der Waals surface area contributed by atoms with Crippen LogP contribution < -0.4 is 0 Å². The number of rotatable bonds is 5. The first-order valence-corrected chi connectivity index (χ1v) is 15.8. The Labute approximate surface area is 255 Å². The molecule has 0 saturated carbocycles. The summed E-state index contributed by atoms with van der Waals surface area (Å²) in [6, 6.07) is 4.11. The van der Waals surface area contributed by atoms with Gasteiger partial charge in [0.05, 0.1) is 11.5 Å². The Morgan fingerprint density at radius 1 is 0.907 bits per heavy atom. The van der Waals surface area contributed by atoms with Gasteiger partial charge in [0.25, 0.3) is 0 Å². The van der Waals surface area contributed by atoms with E-state index in [9.17, 15) is 22.8 Å². The van der Waals surface area contributed by atoms with Crippen molar-refractivity contribution < 1.29 is 32.2 Å². The Balaban J connectivity index is 1.49. The maximum absolute atomic E-state index is 13.8. The van der Waals surface area contributed by atoms with E-state index in [4.69, 9.17) is 9.47 Å². The van der Waals surface area contributed by atoms with Crippen molar-refractivity contribution in [1.82, 2.24) is 14.7 Å². The van der Waals surface area contributed by atoms with Gasteiger partial charge in [0.2, 0.25) is 0 Å². The molecule has 1 aromatic carbocycles. The average molecular weight is 610 g/mol. The van der Waals surface area contributed by atoms with Crippen LogP contribution in [-0.2, 0) is 27.0 Å². The zero-order valence-corrected chi connectivity index (χ0v) is 27.0. The molecule has 43 heavy (non-hydrogen) atoms. The van der Waals surface area contributed by atoms with Crippen LogP contribution in [0.4, 0.5) is 18.0 Å². The van der Waals surface area contributed by atoms with E-state index in [1.54, 1.807) is 11.0 Å². The number of esters is 1. The second-order valence-corrected chi connectivity index (χ2v) is 14.7. The van der Waals surface area contributed by atoms with Crippen LogP contribution in [-0.4, -0.2) is 76.2 Å². The zero-order valence-electron chi connectivity index (χ0n) is 27.0. The van der Waals surface area contributed by atoms with E-state index < -0.39 is 22.9 Å². The lowest BCUT2D eigenvalue weighted by atomic mass is 9.83. The second kappa shape index (κ2) is 12.6. The monoisotopic (exact) mass is 609 g/mol. The number of hydrogen-bond acceptors (Lipinski definition) is 6. The van der Waals surface area contributed by atoms with Crippen molar-refractivity contribution in [2.75, 3.05) is 32.7 Å². The molecule has 0 N–H and O–H groups in total. The van der Waals surface area contributed by atoms with Crippen LogP contribution in [0.5, 0.6) is 0 Å². The van der Waals surface area contributed by atoms with Crippen LogP contribution in [0.15, 0.2) is 18.2 Å². The number of amides is 1. The van der Waals surface area contributed by atoms with E-state index >= 15 is 0 Å². The van der Waals surface area contributed by atoms with Gasteiger partial charge in [-0.15, -0.1) is 0 Å². The van der Waals surface area contributed by atoms with Gasteiger partial charge in [-0.1, -0.05) is 6.07 Å². The van der Waals surface area contributed by atoms with Crippen LogP contribution in [0.2, 0.25) is 0 Å². The summed E-state index contributed by atoms with van der Waals surface area (Å²) in [7, 11) is 0. The molecule has 7 nitrogen and oxygen atoms in total. The highest BCUT2D eigenvalue weighted by Gasteiger charge is 2.46. The molecule has 3 aliphatic rings. The summed E-state index contributed by atoms with van der Waals surface area (Å²) in [5.41, 5.74) is -0.224. The van der Waals surface area contributed by atoms with Gasteiger partial charge in [-0.2, -0.15) is 13.2 Å². The molecular weight excluding hydrogens is 559 g/mol. The lowest BCUT2D eigenvalue weighted by molar-refractivity contribution is -0.161. The molecule has 3 heterocycles. The summed E-state index contributed by atoms with van der Waals surface area (Å²) in [6.07, 6.45) is 0.183. The Kier molecular flexibility index (Phi) is 9.82. The maximum Gasteiger partial charge on any atom is 0.416 e. The predicted octanol–water partition coefficient (Wildman–Crippen LogP) is 7.19. The van der Waals surface area contributed by atoms with Gasteiger partial charge in [0, 0.05) is 31.2 Å². The second-order valence-electron chi connectivity index (χ2n) is 14.7. The molecule has 0 bridgehead atoms. The summed E-state index contributed by atoms with van der Waals surface area (Å²) in [4.78, 5) is 31.7. The van der Waals surface area contributed by atoms with E-state index in [-0.39, 0.29) is 29.6 Å². The lowest BCUT2D eigenvalue weighted by Gasteiger charge is -2.47. The molecule has 3 aliphatic heterocycles. The lowest BCUT2D eigenvalue weighted by Crippen LogP contribution is -2.54. The van der Waals surface area contributed by atoms with Crippen LogP contribution in [0.3, 0.4) is 0 Å². The molecule has 0 radical (unpaired) electrons. The molecular formula is C33H50F3N3O4. The van der Waals surface area contributed by atoms with Crippen molar-refractivity contribution in [3.63, 3.8) is 0 Å². The number of alkyl halides is 3. The third-order valence-electron chi connectivity index (χ3n) is 9.11. The minimum atomic E-state index is -4.43. The van der Waals surface area contributed by atoms with Gasteiger partial charge in [0.15, 0.2) is 0 Å². The molecule has 1 spiro atoms. The van der Waals surface area contributed by atoms with Crippen molar-refractivity contribution in [3.05, 3.63) is 34.9 Å². The number of carbonyl (C=O) groups excluding carboxylic acids is 2. The highest BCUT2D eigenvalue weighted by Crippen LogP contribution is 2.45. The van der Waals surface area contributed by atoms with E-state index in [2.05, 4.69) is 16.7 Å². The Hall–Kier alpha value is -2.33. The SMILES string of the molecule is CC(c1ccc(C(F)(F)F)cc1CN1CCC(C(=O)OC(C)(C)C)CC1)N1CCCC12CCN(C(=O)OC(C)(C)C)CC2. The van der Waals surface area contributed by atoms with Gasteiger partial charge in [0.1, 0.15) is 11.2 Å². The molecule has 4 rings (SSSR count). The van der Waals surface area contributed by atoms with Crippen LogP contribution in [0.25, 0.3) is 0 Å². The molecule has 242 valence electrons. The standard InChI is InChI=1S/C33H50F3N3O4/c1-23(39-16-8-13-32(39)14-19-38(20-15-32)29(41)43-31(5,6)7)27-10-9-26(33(34,35)36)21-25(27)22-37-17-11-24(12-18-37)28(40)42-30(2,3)4/h9-10,21,23-24H,8,11-20,22H2,1-7H3. The normalized spacial score (nSPS) is 21.7. The zero-order chi connectivity index (χ0) is 31.8. The highest BCUT2D eigenvalue weighted by atomic mass is 19.4. The summed E-state index contributed by atoms with van der Waals surface area (Å²) < 4.78 is 52.6. The fraction of sp³-hybridized carbons (Fsp3) is 0.758. The van der Waals surface area contributed by atoms with Crippen LogP contribution >= 0.6 is 0 Å². The van der Waals surface area contributed by atoms with Crippen molar-refractivity contribution in [2.45, 2.75) is 122 Å². The van der Waals surface area contributed by atoms with Crippen LogP contribution in [0.1, 0.15) is 110 Å². The van der Waals surface area contributed by atoms with Gasteiger partial charge in [-0.3, -0.25) is 14.6 Å². The first-order chi connectivity index (χ1) is 19.9. The fourth-order valence-electron chi connectivity index (χ4n) is 6.98. The first kappa shape index (κ1) is 33.6. The first-order valence-electron chi connectivity index (χ1n) is 15.8. The number of carbonyl (C=O) groups is 2. The summed E-state index contributed by atoms with van der Waals surface area (Å²) in [5, 5.41) is 0. The van der Waals surface area contributed by atoms with Gasteiger partial charge >= 0.3 is 18.2 Å². The number of ether oxygens (including phenoxy) is 2. The fourth-order valence-corrected chi connectivity index (χ4v) is 6.98. The van der Waals surface area contributed by atoms with E-state index in [0.717, 1.165) is 37.8 Å². The van der Waals surface area contributed by atoms with E-state index in [1.807, 2.05) is 41.5 Å². The minimum Gasteiger partial charge on any atom is -0.460 e. The maximum atomic E-state index is 13.8. The van der Waals surface area contributed by atoms with Crippen molar-refractivity contribution in [2.24, 2.45) is 5.92 Å². The Morgan fingerprint density at radius 3 is 2.07 bits per heavy atom. The van der Waals surface area contributed by atoms with Crippen molar-refractivity contribution in [1.29, 1.82) is 0 Å². The summed E-state index contributed by atoms with van der Waals surface area (Å²) in [5.74, 6) is -0.385. The predicted molar refractivity (Wildman–Crippen MR) is 159 cm³/mol. The third-order valence-corrected chi connectivity index (χ3v) is 9.11.